The van der Waals surface area contributed by atoms with E-state index in [-0.39, 0.29) is 29.8 Å². The van der Waals surface area contributed by atoms with E-state index in [0.29, 0.717) is 11.4 Å². The summed E-state index contributed by atoms with van der Waals surface area (Å²) in [6, 6.07) is 14.7. The van der Waals surface area contributed by atoms with Gasteiger partial charge in [-0.2, -0.15) is 0 Å². The van der Waals surface area contributed by atoms with Gasteiger partial charge >= 0.3 is 0 Å². The van der Waals surface area contributed by atoms with Crippen LogP contribution >= 0.6 is 0 Å². The zero-order valence-electron chi connectivity index (χ0n) is 15.4. The average Bonchev–Trinajstić information content (AvgIpc) is 2.91. The van der Waals surface area contributed by atoms with Crippen molar-refractivity contribution < 1.29 is 13.2 Å². The molecule has 0 spiro atoms. The van der Waals surface area contributed by atoms with E-state index in [1.54, 1.807) is 24.3 Å². The van der Waals surface area contributed by atoms with Gasteiger partial charge in [-0.05, 0) is 31.0 Å². The number of amidine groups is 1. The Hall–Kier alpha value is -2.67. The molecule has 27 heavy (non-hydrogen) atoms. The lowest BCUT2D eigenvalue weighted by Gasteiger charge is -2.17. The van der Waals surface area contributed by atoms with Crippen molar-refractivity contribution in [3.8, 4) is 0 Å². The lowest BCUT2D eigenvalue weighted by Crippen LogP contribution is -2.29. The third-order valence-electron chi connectivity index (χ3n) is 4.49. The van der Waals surface area contributed by atoms with E-state index < -0.39 is 10.0 Å². The van der Waals surface area contributed by atoms with E-state index in [1.165, 1.54) is 5.56 Å². The zero-order chi connectivity index (χ0) is 19.4. The molecule has 0 saturated carbocycles. The van der Waals surface area contributed by atoms with E-state index in [4.69, 9.17) is 0 Å². The van der Waals surface area contributed by atoms with Gasteiger partial charge in [0.2, 0.25) is 5.91 Å². The summed E-state index contributed by atoms with van der Waals surface area (Å²) >= 11 is 0. The average molecular weight is 385 g/mol. The Balaban J connectivity index is 1.61. The van der Waals surface area contributed by atoms with Gasteiger partial charge in [-0.3, -0.25) is 14.5 Å². The third-order valence-corrected chi connectivity index (χ3v) is 5.89. The maximum absolute atomic E-state index is 12.3. The number of carbonyl (C=O) groups excluding carboxylic acids is 1. The van der Waals surface area contributed by atoms with Crippen LogP contribution in [0.25, 0.3) is 0 Å². The maximum atomic E-state index is 12.3. The number of hydrogen-bond donors (Lipinski definition) is 2. The Kier molecular flexibility index (Phi) is 5.60. The van der Waals surface area contributed by atoms with Crippen LogP contribution in [-0.4, -0.2) is 26.7 Å². The Morgan fingerprint density at radius 2 is 1.85 bits per heavy atom. The quantitative estimate of drug-likeness (QED) is 0.801. The standard InChI is InChI=1S/C20H23N3O3S/c1-3-17(15-10-8-14(2)9-11-15)22-19(24)12-13-21-20-16-6-4-5-7-18(16)27(25,26)23-20/h4-11,17H,3,12-13H2,1-2H3,(H,21,23)(H,22,24)/t17-/m1/s1. The number of rotatable bonds is 6. The van der Waals surface area contributed by atoms with Crippen molar-refractivity contribution in [2.45, 2.75) is 37.6 Å². The van der Waals surface area contributed by atoms with Crippen LogP contribution < -0.4 is 10.0 Å². The predicted molar refractivity (Wildman–Crippen MR) is 105 cm³/mol. The van der Waals surface area contributed by atoms with Crippen molar-refractivity contribution >= 4 is 21.8 Å². The lowest BCUT2D eigenvalue weighted by molar-refractivity contribution is -0.121. The van der Waals surface area contributed by atoms with Crippen molar-refractivity contribution in [2.75, 3.05) is 6.54 Å². The number of aliphatic imine (C=N–C) groups is 1. The van der Waals surface area contributed by atoms with E-state index in [2.05, 4.69) is 15.0 Å². The number of carbonyl (C=O) groups is 1. The van der Waals surface area contributed by atoms with Gasteiger partial charge < -0.3 is 5.32 Å². The highest BCUT2D eigenvalue weighted by atomic mass is 32.2. The summed E-state index contributed by atoms with van der Waals surface area (Å²) < 4.78 is 26.6. The van der Waals surface area contributed by atoms with Gasteiger partial charge in [0.1, 0.15) is 5.84 Å². The number of hydrogen-bond acceptors (Lipinski definition) is 4. The molecule has 1 aliphatic rings. The van der Waals surface area contributed by atoms with Gasteiger partial charge in [-0.25, -0.2) is 8.42 Å². The minimum Gasteiger partial charge on any atom is -0.349 e. The number of nitrogens with one attached hydrogen (secondary N) is 2. The van der Waals surface area contributed by atoms with Gasteiger partial charge in [0.05, 0.1) is 17.5 Å². The lowest BCUT2D eigenvalue weighted by atomic mass is 10.0. The van der Waals surface area contributed by atoms with Gasteiger partial charge in [0.15, 0.2) is 0 Å². The second-order valence-corrected chi connectivity index (χ2v) is 8.17. The number of sulfonamides is 1. The Labute approximate surface area is 159 Å². The highest BCUT2D eigenvalue weighted by molar-refractivity contribution is 7.90. The molecule has 0 aliphatic carbocycles. The molecule has 6 nitrogen and oxygen atoms in total. The van der Waals surface area contributed by atoms with Crippen LogP contribution in [0, 0.1) is 6.92 Å². The van der Waals surface area contributed by atoms with E-state index in [0.717, 1.165) is 12.0 Å². The molecule has 0 saturated heterocycles. The largest absolute Gasteiger partial charge is 0.349 e. The minimum absolute atomic E-state index is 0.0449. The predicted octanol–water partition coefficient (Wildman–Crippen LogP) is 2.69. The highest BCUT2D eigenvalue weighted by Gasteiger charge is 2.29. The first kappa shape index (κ1) is 19.1. The van der Waals surface area contributed by atoms with Crippen LogP contribution in [0.5, 0.6) is 0 Å². The number of nitrogens with zero attached hydrogens (tertiary/aromatic N) is 1. The van der Waals surface area contributed by atoms with Gasteiger partial charge in [0.25, 0.3) is 10.0 Å². The summed E-state index contributed by atoms with van der Waals surface area (Å²) in [6.07, 6.45) is 0.978. The van der Waals surface area contributed by atoms with Crippen LogP contribution in [0.3, 0.4) is 0 Å². The van der Waals surface area contributed by atoms with Gasteiger partial charge in [-0.15, -0.1) is 0 Å². The molecule has 7 heteroatoms. The number of benzene rings is 2. The molecule has 0 unspecified atom stereocenters. The smallest absolute Gasteiger partial charge is 0.263 e. The fraction of sp³-hybridized carbons (Fsp3) is 0.300. The molecule has 0 aromatic heterocycles. The van der Waals surface area contributed by atoms with E-state index in [1.807, 2.05) is 38.1 Å². The van der Waals surface area contributed by atoms with Crippen LogP contribution in [0.15, 0.2) is 58.4 Å². The summed E-state index contributed by atoms with van der Waals surface area (Å²) in [5.41, 5.74) is 2.79. The molecule has 2 aromatic carbocycles. The van der Waals surface area contributed by atoms with Crippen molar-refractivity contribution in [2.24, 2.45) is 4.99 Å². The Bertz CT molecular complexity index is 966. The van der Waals surface area contributed by atoms with Gasteiger partial charge in [-0.1, -0.05) is 48.9 Å². The molecule has 2 N–H and O–H groups in total. The van der Waals surface area contributed by atoms with Crippen LogP contribution in [0.4, 0.5) is 0 Å². The molecule has 2 aromatic rings. The van der Waals surface area contributed by atoms with E-state index in [9.17, 15) is 13.2 Å². The molecule has 142 valence electrons. The second-order valence-electron chi connectivity index (χ2n) is 6.52. The summed E-state index contributed by atoms with van der Waals surface area (Å²) in [5, 5.41) is 3.02. The number of aryl methyl sites for hydroxylation is 1. The number of fused-ring (bicyclic) bond motifs is 1. The fourth-order valence-electron chi connectivity index (χ4n) is 3.01. The normalized spacial score (nSPS) is 17.2. The first-order chi connectivity index (χ1) is 12.9. The fourth-order valence-corrected chi connectivity index (χ4v) is 4.26. The molecule has 0 radical (unpaired) electrons. The van der Waals surface area contributed by atoms with Crippen LogP contribution in [-0.2, 0) is 14.8 Å². The van der Waals surface area contributed by atoms with Crippen molar-refractivity contribution in [1.82, 2.24) is 10.0 Å². The van der Waals surface area contributed by atoms with Crippen LogP contribution in [0.2, 0.25) is 0 Å². The molecule has 3 rings (SSSR count). The monoisotopic (exact) mass is 385 g/mol. The summed E-state index contributed by atoms with van der Waals surface area (Å²) in [7, 11) is -3.55. The molecule has 1 amide bonds. The highest BCUT2D eigenvalue weighted by Crippen LogP contribution is 2.22. The van der Waals surface area contributed by atoms with Crippen molar-refractivity contribution in [3.05, 3.63) is 65.2 Å². The van der Waals surface area contributed by atoms with Gasteiger partial charge in [0, 0.05) is 12.0 Å². The molecule has 0 fully saturated rings. The SMILES string of the molecule is CC[C@@H](NC(=O)CCN=C1NS(=O)(=O)c2ccccc21)c1ccc(C)cc1. The zero-order valence-corrected chi connectivity index (χ0v) is 16.2. The van der Waals surface area contributed by atoms with E-state index >= 15 is 0 Å². The summed E-state index contributed by atoms with van der Waals surface area (Å²) in [6.45, 7) is 4.26. The molecule has 0 bridgehead atoms. The molecular formula is C20H23N3O3S. The Morgan fingerprint density at radius 3 is 2.56 bits per heavy atom. The second kappa shape index (κ2) is 7.92. The van der Waals surface area contributed by atoms with Crippen molar-refractivity contribution in [1.29, 1.82) is 0 Å². The van der Waals surface area contributed by atoms with Crippen LogP contribution in [0.1, 0.15) is 42.5 Å². The first-order valence-corrected chi connectivity index (χ1v) is 10.4. The molecule has 1 aliphatic heterocycles. The third kappa shape index (κ3) is 4.36. The van der Waals surface area contributed by atoms with Crippen molar-refractivity contribution in [3.63, 3.8) is 0 Å². The molecule has 1 heterocycles. The number of amides is 1. The summed E-state index contributed by atoms with van der Waals surface area (Å²) in [4.78, 5) is 16.8. The minimum atomic E-state index is -3.55. The molecule has 1 atom stereocenters. The molecular weight excluding hydrogens is 362 g/mol. The Morgan fingerprint density at radius 1 is 1.15 bits per heavy atom. The maximum Gasteiger partial charge on any atom is 0.263 e. The topological polar surface area (TPSA) is 87.6 Å². The first-order valence-electron chi connectivity index (χ1n) is 8.93. The summed E-state index contributed by atoms with van der Waals surface area (Å²) in [5.74, 6) is 0.185.